The van der Waals surface area contributed by atoms with Crippen LogP contribution in [0.25, 0.3) is 0 Å². The van der Waals surface area contributed by atoms with Crippen molar-refractivity contribution >= 4 is 15.7 Å². The van der Waals surface area contributed by atoms with Crippen molar-refractivity contribution in [1.29, 1.82) is 0 Å². The van der Waals surface area contributed by atoms with Gasteiger partial charge < -0.3 is 10.6 Å². The van der Waals surface area contributed by atoms with Crippen LogP contribution in [0.3, 0.4) is 0 Å². The highest BCUT2D eigenvalue weighted by Gasteiger charge is 2.21. The van der Waals surface area contributed by atoms with Gasteiger partial charge in [-0.2, -0.15) is 0 Å². The molecule has 0 aliphatic carbocycles. The van der Waals surface area contributed by atoms with Crippen molar-refractivity contribution in [3.05, 3.63) is 23.3 Å². The number of likely N-dealkylation sites (N-methyl/N-ethyl adjacent to an activating group) is 1. The summed E-state index contributed by atoms with van der Waals surface area (Å²) in [5, 5.41) is 0. The summed E-state index contributed by atoms with van der Waals surface area (Å²) in [4.78, 5) is 2.28. The maximum Gasteiger partial charge on any atom is 0.242 e. The van der Waals surface area contributed by atoms with Gasteiger partial charge in [0, 0.05) is 19.1 Å². The largest absolute Gasteiger partial charge is 0.397 e. The second-order valence-electron chi connectivity index (χ2n) is 5.41. The number of benzene rings is 1. The maximum atomic E-state index is 12.4. The topological polar surface area (TPSA) is 75.4 Å². The van der Waals surface area contributed by atoms with Crippen LogP contribution < -0.4 is 10.5 Å². The zero-order chi connectivity index (χ0) is 15.5. The van der Waals surface area contributed by atoms with Gasteiger partial charge >= 0.3 is 0 Å². The summed E-state index contributed by atoms with van der Waals surface area (Å²) in [7, 11) is -1.60. The molecule has 0 aromatic heterocycles. The fourth-order valence-electron chi connectivity index (χ4n) is 1.85. The predicted molar refractivity (Wildman–Crippen MR) is 83.3 cm³/mol. The Morgan fingerprint density at radius 3 is 2.35 bits per heavy atom. The Bertz CT molecular complexity index is 568. The number of hydrogen-bond acceptors (Lipinski definition) is 4. The Hall–Kier alpha value is -1.11. The normalized spacial score (nSPS) is 12.3. The number of anilines is 1. The highest BCUT2D eigenvalue weighted by atomic mass is 32.2. The summed E-state index contributed by atoms with van der Waals surface area (Å²) < 4.78 is 27.4. The van der Waals surface area contributed by atoms with Crippen molar-refractivity contribution in [2.24, 2.45) is 0 Å². The minimum atomic E-state index is -3.57. The van der Waals surface area contributed by atoms with Gasteiger partial charge in [0.05, 0.1) is 5.69 Å². The van der Waals surface area contributed by atoms with Crippen LogP contribution >= 0.6 is 0 Å². The lowest BCUT2D eigenvalue weighted by atomic mass is 10.1. The lowest BCUT2D eigenvalue weighted by Gasteiger charge is -2.21. The lowest BCUT2D eigenvalue weighted by Crippen LogP contribution is -2.36. The van der Waals surface area contributed by atoms with E-state index in [9.17, 15) is 8.42 Å². The predicted octanol–water partition coefficient (Wildman–Crippen LogP) is 1.50. The van der Waals surface area contributed by atoms with Crippen molar-refractivity contribution in [2.75, 3.05) is 25.9 Å². The molecule has 0 saturated carbocycles. The number of hydrogen-bond donors (Lipinski definition) is 2. The van der Waals surface area contributed by atoms with Gasteiger partial charge in [-0.3, -0.25) is 0 Å². The van der Waals surface area contributed by atoms with E-state index in [1.165, 1.54) is 0 Å². The summed E-state index contributed by atoms with van der Waals surface area (Å²) in [6, 6.07) is 3.99. The first-order valence-corrected chi connectivity index (χ1v) is 8.20. The van der Waals surface area contributed by atoms with Crippen LogP contribution in [-0.4, -0.2) is 39.5 Å². The van der Waals surface area contributed by atoms with E-state index in [-0.39, 0.29) is 4.90 Å². The first kappa shape index (κ1) is 16.9. The lowest BCUT2D eigenvalue weighted by molar-refractivity contribution is 0.278. The molecule has 1 aromatic carbocycles. The first-order valence-electron chi connectivity index (χ1n) is 6.72. The quantitative estimate of drug-likeness (QED) is 0.781. The molecule has 0 unspecified atom stereocenters. The molecule has 1 aromatic rings. The molecule has 1 rings (SSSR count). The third-order valence-corrected chi connectivity index (χ3v) is 5.18. The molecule has 0 amide bonds. The summed E-state index contributed by atoms with van der Waals surface area (Å²) in [5.74, 6) is 0. The molecule has 0 radical (unpaired) electrons. The van der Waals surface area contributed by atoms with E-state index in [0.717, 1.165) is 5.56 Å². The SMILES string of the molecule is Cc1ccc(C)c(S(=O)(=O)NCCN(C)C(C)C)c1N. The smallest absolute Gasteiger partial charge is 0.242 e. The molecule has 3 N–H and O–H groups in total. The first-order chi connectivity index (χ1) is 9.16. The number of aryl methyl sites for hydroxylation is 2. The number of nitrogens with zero attached hydrogens (tertiary/aromatic N) is 1. The average molecular weight is 299 g/mol. The van der Waals surface area contributed by atoms with Crippen molar-refractivity contribution < 1.29 is 8.42 Å². The van der Waals surface area contributed by atoms with Crippen molar-refractivity contribution in [2.45, 2.75) is 38.6 Å². The Morgan fingerprint density at radius 2 is 1.80 bits per heavy atom. The molecule has 0 saturated heterocycles. The minimum Gasteiger partial charge on any atom is -0.397 e. The molecule has 0 spiro atoms. The number of nitrogens with one attached hydrogen (secondary N) is 1. The molecule has 0 atom stereocenters. The van der Waals surface area contributed by atoms with Crippen LogP contribution in [-0.2, 0) is 10.0 Å². The van der Waals surface area contributed by atoms with Gasteiger partial charge in [0.2, 0.25) is 10.0 Å². The monoisotopic (exact) mass is 299 g/mol. The molecule has 5 nitrogen and oxygen atoms in total. The van der Waals surface area contributed by atoms with Gasteiger partial charge in [-0.15, -0.1) is 0 Å². The third-order valence-electron chi connectivity index (χ3n) is 3.52. The van der Waals surface area contributed by atoms with Crippen LogP contribution in [0.5, 0.6) is 0 Å². The second-order valence-corrected chi connectivity index (χ2v) is 7.12. The van der Waals surface area contributed by atoms with Gasteiger partial charge in [-0.1, -0.05) is 12.1 Å². The van der Waals surface area contributed by atoms with E-state index in [0.29, 0.717) is 30.4 Å². The van der Waals surface area contributed by atoms with Crippen LogP contribution in [0, 0.1) is 13.8 Å². The van der Waals surface area contributed by atoms with Crippen LogP contribution in [0.4, 0.5) is 5.69 Å². The fraction of sp³-hybridized carbons (Fsp3) is 0.571. The zero-order valence-electron chi connectivity index (χ0n) is 12.9. The highest BCUT2D eigenvalue weighted by molar-refractivity contribution is 7.89. The van der Waals surface area contributed by atoms with Crippen molar-refractivity contribution in [1.82, 2.24) is 9.62 Å². The van der Waals surface area contributed by atoms with Crippen molar-refractivity contribution in [3.8, 4) is 0 Å². The maximum absolute atomic E-state index is 12.4. The third kappa shape index (κ3) is 3.94. The Morgan fingerprint density at radius 1 is 1.25 bits per heavy atom. The molecule has 0 aliphatic rings. The molecule has 0 bridgehead atoms. The van der Waals surface area contributed by atoms with E-state index < -0.39 is 10.0 Å². The molecule has 20 heavy (non-hydrogen) atoms. The zero-order valence-corrected chi connectivity index (χ0v) is 13.7. The Labute approximate surface area is 122 Å². The molecule has 114 valence electrons. The standard InChI is InChI=1S/C14H25N3O2S/c1-10(2)17(5)9-8-16-20(18,19)14-12(4)7-6-11(3)13(14)15/h6-7,10,16H,8-9,15H2,1-5H3. The summed E-state index contributed by atoms with van der Waals surface area (Å²) >= 11 is 0. The fourth-order valence-corrected chi connectivity index (χ4v) is 3.30. The van der Waals surface area contributed by atoms with Crippen LogP contribution in [0.15, 0.2) is 17.0 Å². The van der Waals surface area contributed by atoms with E-state index in [2.05, 4.69) is 23.5 Å². The highest BCUT2D eigenvalue weighted by Crippen LogP contribution is 2.25. The van der Waals surface area contributed by atoms with E-state index in [4.69, 9.17) is 5.73 Å². The van der Waals surface area contributed by atoms with E-state index in [1.54, 1.807) is 19.9 Å². The molecular weight excluding hydrogens is 274 g/mol. The average Bonchev–Trinajstić information content (AvgIpc) is 2.33. The van der Waals surface area contributed by atoms with Crippen LogP contribution in [0.1, 0.15) is 25.0 Å². The number of rotatable bonds is 6. The molecular formula is C14H25N3O2S. The molecule has 6 heteroatoms. The number of nitrogen functional groups attached to an aromatic ring is 1. The summed E-state index contributed by atoms with van der Waals surface area (Å²) in [6.07, 6.45) is 0. The molecule has 0 aliphatic heterocycles. The summed E-state index contributed by atoms with van der Waals surface area (Å²) in [5.41, 5.74) is 7.69. The Balaban J connectivity index is 2.88. The molecule has 0 heterocycles. The second kappa shape index (κ2) is 6.56. The van der Waals surface area contributed by atoms with Gasteiger partial charge in [-0.05, 0) is 45.9 Å². The molecule has 0 fully saturated rings. The van der Waals surface area contributed by atoms with Gasteiger partial charge in [-0.25, -0.2) is 13.1 Å². The Kier molecular flexibility index (Phi) is 5.56. The van der Waals surface area contributed by atoms with Gasteiger partial charge in [0.15, 0.2) is 0 Å². The number of nitrogens with two attached hydrogens (primary N) is 1. The van der Waals surface area contributed by atoms with E-state index >= 15 is 0 Å². The van der Waals surface area contributed by atoms with Gasteiger partial charge in [0.1, 0.15) is 4.90 Å². The minimum absolute atomic E-state index is 0.199. The van der Waals surface area contributed by atoms with E-state index in [1.807, 2.05) is 13.1 Å². The summed E-state index contributed by atoms with van der Waals surface area (Å²) in [6.45, 7) is 8.71. The van der Waals surface area contributed by atoms with Gasteiger partial charge in [0.25, 0.3) is 0 Å². The van der Waals surface area contributed by atoms with Crippen molar-refractivity contribution in [3.63, 3.8) is 0 Å². The number of sulfonamides is 1. The van der Waals surface area contributed by atoms with Crippen LogP contribution in [0.2, 0.25) is 0 Å².